The lowest BCUT2D eigenvalue weighted by Crippen LogP contribution is -2.35. The maximum atomic E-state index is 5.33. The topological polar surface area (TPSA) is 41.3 Å². The van der Waals surface area contributed by atoms with Crippen LogP contribution in [0.1, 0.15) is 19.8 Å². The number of hydrogen-bond acceptors (Lipinski definition) is 4. The second kappa shape index (κ2) is 5.52. The molecule has 13 heavy (non-hydrogen) atoms. The van der Waals surface area contributed by atoms with Gasteiger partial charge in [-0.2, -0.15) is 0 Å². The SMILES string of the molecule is C=C1C(C)CCN1NCCCSN. The molecule has 0 bridgehead atoms. The van der Waals surface area contributed by atoms with E-state index in [9.17, 15) is 0 Å². The van der Waals surface area contributed by atoms with Crippen molar-refractivity contribution in [1.82, 2.24) is 10.4 Å². The summed E-state index contributed by atoms with van der Waals surface area (Å²) in [7, 11) is 0. The molecule has 0 spiro atoms. The van der Waals surface area contributed by atoms with Crippen LogP contribution >= 0.6 is 11.9 Å². The molecule has 1 atom stereocenters. The van der Waals surface area contributed by atoms with Crippen LogP contribution in [0.2, 0.25) is 0 Å². The van der Waals surface area contributed by atoms with Gasteiger partial charge in [0.05, 0.1) is 0 Å². The average molecular weight is 201 g/mol. The summed E-state index contributed by atoms with van der Waals surface area (Å²) in [5, 5.41) is 7.50. The molecule has 3 nitrogen and oxygen atoms in total. The van der Waals surface area contributed by atoms with Crippen molar-refractivity contribution >= 4 is 11.9 Å². The lowest BCUT2D eigenvalue weighted by molar-refractivity contribution is 0.280. The van der Waals surface area contributed by atoms with Crippen LogP contribution in [0.25, 0.3) is 0 Å². The van der Waals surface area contributed by atoms with Gasteiger partial charge in [0.2, 0.25) is 0 Å². The van der Waals surface area contributed by atoms with E-state index in [0.717, 1.165) is 25.3 Å². The standard InChI is InChI=1S/C9H19N3S/c1-8-4-6-12(9(8)2)11-5-3-7-13-10/h8,11H,2-7,10H2,1H3. The number of hydrazine groups is 1. The second-order valence-electron chi connectivity index (χ2n) is 3.47. The van der Waals surface area contributed by atoms with Crippen molar-refractivity contribution in [3.05, 3.63) is 12.3 Å². The molecule has 1 fully saturated rings. The summed E-state index contributed by atoms with van der Waals surface area (Å²) in [6.45, 7) is 8.36. The highest BCUT2D eigenvalue weighted by molar-refractivity contribution is 7.97. The molecular weight excluding hydrogens is 182 g/mol. The van der Waals surface area contributed by atoms with Crippen LogP contribution in [-0.2, 0) is 0 Å². The predicted molar refractivity (Wildman–Crippen MR) is 58.9 cm³/mol. The quantitative estimate of drug-likeness (QED) is 0.520. The van der Waals surface area contributed by atoms with Gasteiger partial charge in [-0.1, -0.05) is 25.5 Å². The van der Waals surface area contributed by atoms with E-state index in [-0.39, 0.29) is 0 Å². The van der Waals surface area contributed by atoms with E-state index in [1.807, 2.05) is 0 Å². The first-order chi connectivity index (χ1) is 6.25. The van der Waals surface area contributed by atoms with E-state index in [2.05, 4.69) is 23.9 Å². The summed E-state index contributed by atoms with van der Waals surface area (Å²) < 4.78 is 0. The van der Waals surface area contributed by atoms with Crippen molar-refractivity contribution in [3.8, 4) is 0 Å². The molecule has 4 heteroatoms. The van der Waals surface area contributed by atoms with Crippen molar-refractivity contribution in [2.45, 2.75) is 19.8 Å². The number of rotatable bonds is 5. The molecule has 76 valence electrons. The molecule has 3 N–H and O–H groups in total. The van der Waals surface area contributed by atoms with Crippen molar-refractivity contribution in [1.29, 1.82) is 0 Å². The summed E-state index contributed by atoms with van der Waals surface area (Å²) >= 11 is 1.40. The number of nitrogens with one attached hydrogen (secondary N) is 1. The fraction of sp³-hybridized carbons (Fsp3) is 0.778. The van der Waals surface area contributed by atoms with E-state index in [0.29, 0.717) is 5.92 Å². The zero-order valence-corrected chi connectivity index (χ0v) is 9.07. The van der Waals surface area contributed by atoms with Gasteiger partial charge in [0.15, 0.2) is 0 Å². The molecule has 0 radical (unpaired) electrons. The van der Waals surface area contributed by atoms with Crippen molar-refractivity contribution in [3.63, 3.8) is 0 Å². The predicted octanol–water partition coefficient (Wildman–Crippen LogP) is 1.34. The van der Waals surface area contributed by atoms with E-state index in [1.54, 1.807) is 0 Å². The number of nitrogens with zero attached hydrogens (tertiary/aromatic N) is 1. The Balaban J connectivity index is 2.12. The summed E-state index contributed by atoms with van der Waals surface area (Å²) in [6.07, 6.45) is 2.33. The third-order valence-electron chi connectivity index (χ3n) is 2.44. The normalized spacial score (nSPS) is 22.8. The maximum Gasteiger partial charge on any atom is 0.0347 e. The highest BCUT2D eigenvalue weighted by Gasteiger charge is 2.21. The van der Waals surface area contributed by atoms with Gasteiger partial charge in [-0.3, -0.25) is 5.14 Å². The summed E-state index contributed by atoms with van der Waals surface area (Å²) in [5.41, 5.74) is 4.58. The largest absolute Gasteiger partial charge is 0.313 e. The van der Waals surface area contributed by atoms with E-state index in [4.69, 9.17) is 5.14 Å². The van der Waals surface area contributed by atoms with Crippen molar-refractivity contribution < 1.29 is 0 Å². The van der Waals surface area contributed by atoms with E-state index < -0.39 is 0 Å². The van der Waals surface area contributed by atoms with Crippen molar-refractivity contribution in [2.75, 3.05) is 18.8 Å². The van der Waals surface area contributed by atoms with Crippen LogP contribution < -0.4 is 10.6 Å². The first-order valence-electron chi connectivity index (χ1n) is 4.77. The van der Waals surface area contributed by atoms with Gasteiger partial charge in [-0.15, -0.1) is 0 Å². The van der Waals surface area contributed by atoms with Crippen LogP contribution in [0.15, 0.2) is 12.3 Å². The molecular formula is C9H19N3S. The maximum absolute atomic E-state index is 5.33. The monoisotopic (exact) mass is 201 g/mol. The van der Waals surface area contributed by atoms with Gasteiger partial charge in [0, 0.05) is 24.5 Å². The Hall–Kier alpha value is -0.190. The fourth-order valence-electron chi connectivity index (χ4n) is 1.45. The minimum atomic E-state index is 0.636. The van der Waals surface area contributed by atoms with Crippen LogP contribution in [0.5, 0.6) is 0 Å². The zero-order valence-electron chi connectivity index (χ0n) is 8.25. The Morgan fingerprint density at radius 1 is 1.77 bits per heavy atom. The van der Waals surface area contributed by atoms with Crippen molar-refractivity contribution in [2.24, 2.45) is 11.1 Å². The van der Waals surface area contributed by atoms with Crippen LogP contribution in [0.4, 0.5) is 0 Å². The molecule has 0 saturated carbocycles. The minimum absolute atomic E-state index is 0.636. The summed E-state index contributed by atoms with van der Waals surface area (Å²) in [4.78, 5) is 0. The summed E-state index contributed by atoms with van der Waals surface area (Å²) in [6, 6.07) is 0. The van der Waals surface area contributed by atoms with Gasteiger partial charge in [0.1, 0.15) is 0 Å². The molecule has 0 aliphatic carbocycles. The average Bonchev–Trinajstić information content (AvgIpc) is 2.43. The molecule has 1 saturated heterocycles. The Kier molecular flexibility index (Phi) is 4.62. The lowest BCUT2D eigenvalue weighted by atomic mass is 10.1. The van der Waals surface area contributed by atoms with Crippen LogP contribution in [0, 0.1) is 5.92 Å². The first kappa shape index (κ1) is 10.9. The van der Waals surface area contributed by atoms with E-state index >= 15 is 0 Å². The molecule has 1 aliphatic rings. The zero-order chi connectivity index (χ0) is 9.68. The van der Waals surface area contributed by atoms with Gasteiger partial charge < -0.3 is 5.01 Å². The second-order valence-corrected chi connectivity index (χ2v) is 4.21. The molecule has 0 aromatic rings. The number of nitrogens with two attached hydrogens (primary N) is 1. The van der Waals surface area contributed by atoms with Gasteiger partial charge >= 0.3 is 0 Å². The van der Waals surface area contributed by atoms with Crippen LogP contribution in [0.3, 0.4) is 0 Å². The highest BCUT2D eigenvalue weighted by Crippen LogP contribution is 2.23. The van der Waals surface area contributed by atoms with E-state index in [1.165, 1.54) is 24.1 Å². The summed E-state index contributed by atoms with van der Waals surface area (Å²) in [5.74, 6) is 1.65. The van der Waals surface area contributed by atoms with Crippen LogP contribution in [-0.4, -0.2) is 23.9 Å². The van der Waals surface area contributed by atoms with Gasteiger partial charge in [0.25, 0.3) is 0 Å². The minimum Gasteiger partial charge on any atom is -0.313 e. The Morgan fingerprint density at radius 2 is 2.54 bits per heavy atom. The first-order valence-corrected chi connectivity index (χ1v) is 5.82. The Labute approximate surface area is 84.8 Å². The Morgan fingerprint density at radius 3 is 3.08 bits per heavy atom. The fourth-order valence-corrected chi connectivity index (χ4v) is 1.76. The molecule has 0 aromatic heterocycles. The molecule has 0 amide bonds. The molecule has 0 aromatic carbocycles. The Bertz CT molecular complexity index is 172. The number of allylic oxidation sites excluding steroid dienone is 1. The smallest absolute Gasteiger partial charge is 0.0347 e. The lowest BCUT2D eigenvalue weighted by Gasteiger charge is -2.21. The molecule has 1 unspecified atom stereocenters. The molecule has 1 aliphatic heterocycles. The van der Waals surface area contributed by atoms with Gasteiger partial charge in [-0.05, 0) is 18.8 Å². The third kappa shape index (κ3) is 3.21. The molecule has 1 heterocycles. The number of hydrogen-bond donors (Lipinski definition) is 2. The molecule has 1 rings (SSSR count). The van der Waals surface area contributed by atoms with Gasteiger partial charge in [-0.25, -0.2) is 5.43 Å². The third-order valence-corrected chi connectivity index (χ3v) is 2.97. The highest BCUT2D eigenvalue weighted by atomic mass is 32.2.